The molecule has 0 aliphatic carbocycles. The Morgan fingerprint density at radius 2 is 1.94 bits per heavy atom. The standard InChI is InChI=1S/C14H12N2S/c1-17-10-12-4-7-14(16-9-12)13-5-2-11(8-15)3-6-13/h2-7,9H,10H2,1H3. The maximum absolute atomic E-state index is 8.73. The highest BCUT2D eigenvalue weighted by molar-refractivity contribution is 7.97. The zero-order valence-corrected chi connectivity index (χ0v) is 10.4. The van der Waals surface area contributed by atoms with Crippen molar-refractivity contribution >= 4 is 11.8 Å². The van der Waals surface area contributed by atoms with Gasteiger partial charge < -0.3 is 0 Å². The molecule has 0 atom stereocenters. The first-order valence-corrected chi connectivity index (χ1v) is 6.67. The lowest BCUT2D eigenvalue weighted by Crippen LogP contribution is -1.86. The third kappa shape index (κ3) is 2.86. The summed E-state index contributed by atoms with van der Waals surface area (Å²) in [5, 5.41) is 8.73. The number of pyridine rings is 1. The molecule has 2 rings (SSSR count). The maximum atomic E-state index is 8.73. The summed E-state index contributed by atoms with van der Waals surface area (Å²) in [6.07, 6.45) is 3.98. The molecule has 0 aliphatic rings. The van der Waals surface area contributed by atoms with Gasteiger partial charge >= 0.3 is 0 Å². The lowest BCUT2D eigenvalue weighted by molar-refractivity contribution is 1.25. The molecule has 0 saturated carbocycles. The van der Waals surface area contributed by atoms with Crippen molar-refractivity contribution in [1.29, 1.82) is 5.26 Å². The van der Waals surface area contributed by atoms with E-state index in [9.17, 15) is 0 Å². The highest BCUT2D eigenvalue weighted by Crippen LogP contribution is 2.18. The lowest BCUT2D eigenvalue weighted by Gasteiger charge is -2.02. The summed E-state index contributed by atoms with van der Waals surface area (Å²) in [7, 11) is 0. The van der Waals surface area contributed by atoms with Crippen LogP contribution in [0.25, 0.3) is 11.3 Å². The van der Waals surface area contributed by atoms with Crippen molar-refractivity contribution in [1.82, 2.24) is 4.98 Å². The Kier molecular flexibility index (Phi) is 3.79. The van der Waals surface area contributed by atoms with Crippen LogP contribution >= 0.6 is 11.8 Å². The third-order valence-electron chi connectivity index (χ3n) is 2.45. The lowest BCUT2D eigenvalue weighted by atomic mass is 10.1. The first kappa shape index (κ1) is 11.7. The van der Waals surface area contributed by atoms with Crippen LogP contribution in [0.15, 0.2) is 42.6 Å². The molecule has 1 aromatic heterocycles. The molecule has 1 aromatic carbocycles. The molecule has 0 saturated heterocycles. The fourth-order valence-corrected chi connectivity index (χ4v) is 2.07. The summed E-state index contributed by atoms with van der Waals surface area (Å²) >= 11 is 1.79. The van der Waals surface area contributed by atoms with Crippen molar-refractivity contribution in [3.8, 4) is 17.3 Å². The molecule has 1 heterocycles. The summed E-state index contributed by atoms with van der Waals surface area (Å²) in [5.41, 5.74) is 3.89. The first-order chi connectivity index (χ1) is 8.33. The summed E-state index contributed by atoms with van der Waals surface area (Å²) in [6, 6.07) is 13.7. The molecule has 0 aliphatic heterocycles. The zero-order chi connectivity index (χ0) is 12.1. The number of nitrogens with zero attached hydrogens (tertiary/aromatic N) is 2. The third-order valence-corrected chi connectivity index (χ3v) is 3.07. The Bertz CT molecular complexity index is 524. The van der Waals surface area contributed by atoms with E-state index in [0.29, 0.717) is 5.56 Å². The average molecular weight is 240 g/mol. The minimum atomic E-state index is 0.674. The second-order valence-corrected chi connectivity index (χ2v) is 4.54. The fraction of sp³-hybridized carbons (Fsp3) is 0.143. The molecule has 2 aromatic rings. The highest BCUT2D eigenvalue weighted by atomic mass is 32.2. The molecule has 0 unspecified atom stereocenters. The van der Waals surface area contributed by atoms with Crippen LogP contribution in [0.3, 0.4) is 0 Å². The van der Waals surface area contributed by atoms with Crippen LogP contribution in [0.5, 0.6) is 0 Å². The van der Waals surface area contributed by atoms with E-state index in [-0.39, 0.29) is 0 Å². The molecular weight excluding hydrogens is 228 g/mol. The van der Waals surface area contributed by atoms with E-state index < -0.39 is 0 Å². The molecule has 3 heteroatoms. The Hall–Kier alpha value is -1.79. The number of benzene rings is 1. The van der Waals surface area contributed by atoms with E-state index in [1.165, 1.54) is 5.56 Å². The largest absolute Gasteiger partial charge is 0.256 e. The number of nitriles is 1. The normalized spacial score (nSPS) is 9.88. The van der Waals surface area contributed by atoms with Crippen LogP contribution < -0.4 is 0 Å². The molecule has 0 spiro atoms. The van der Waals surface area contributed by atoms with Gasteiger partial charge in [-0.05, 0) is 30.0 Å². The van der Waals surface area contributed by atoms with E-state index in [2.05, 4.69) is 23.4 Å². The van der Waals surface area contributed by atoms with Crippen LogP contribution in [-0.2, 0) is 5.75 Å². The molecule has 0 N–H and O–H groups in total. The van der Waals surface area contributed by atoms with Crippen LogP contribution in [0.1, 0.15) is 11.1 Å². The molecule has 17 heavy (non-hydrogen) atoms. The molecule has 0 radical (unpaired) electrons. The second-order valence-electron chi connectivity index (χ2n) is 3.67. The second kappa shape index (κ2) is 5.51. The SMILES string of the molecule is CSCc1ccc(-c2ccc(C#N)cc2)nc1. The minimum absolute atomic E-state index is 0.674. The van der Waals surface area contributed by atoms with Crippen molar-refractivity contribution < 1.29 is 0 Å². The number of aromatic nitrogens is 1. The predicted molar refractivity (Wildman–Crippen MR) is 71.6 cm³/mol. The summed E-state index contributed by atoms with van der Waals surface area (Å²) in [6.45, 7) is 0. The Morgan fingerprint density at radius 3 is 2.47 bits per heavy atom. The molecular formula is C14H12N2S. The van der Waals surface area contributed by atoms with E-state index in [1.807, 2.05) is 36.5 Å². The van der Waals surface area contributed by atoms with E-state index in [4.69, 9.17) is 5.26 Å². The van der Waals surface area contributed by atoms with Gasteiger partial charge in [-0.2, -0.15) is 17.0 Å². The van der Waals surface area contributed by atoms with Gasteiger partial charge in [-0.1, -0.05) is 18.2 Å². The Labute approximate surface area is 105 Å². The molecule has 0 bridgehead atoms. The van der Waals surface area contributed by atoms with Gasteiger partial charge in [0.05, 0.1) is 17.3 Å². The van der Waals surface area contributed by atoms with Crippen molar-refractivity contribution in [2.45, 2.75) is 5.75 Å². The maximum Gasteiger partial charge on any atom is 0.0991 e. The topological polar surface area (TPSA) is 36.7 Å². The van der Waals surface area contributed by atoms with Gasteiger partial charge in [-0.15, -0.1) is 0 Å². The Balaban J connectivity index is 2.24. The van der Waals surface area contributed by atoms with E-state index >= 15 is 0 Å². The predicted octanol–water partition coefficient (Wildman–Crippen LogP) is 3.48. The number of hydrogen-bond donors (Lipinski definition) is 0. The van der Waals surface area contributed by atoms with Crippen LogP contribution in [0, 0.1) is 11.3 Å². The van der Waals surface area contributed by atoms with Gasteiger partial charge in [0.2, 0.25) is 0 Å². The molecule has 0 amide bonds. The number of thioether (sulfide) groups is 1. The number of hydrogen-bond acceptors (Lipinski definition) is 3. The van der Waals surface area contributed by atoms with Crippen LogP contribution in [0.2, 0.25) is 0 Å². The summed E-state index contributed by atoms with van der Waals surface area (Å²) in [4.78, 5) is 4.43. The van der Waals surface area contributed by atoms with Crippen LogP contribution in [-0.4, -0.2) is 11.2 Å². The van der Waals surface area contributed by atoms with Crippen molar-refractivity contribution in [2.75, 3.05) is 6.26 Å². The molecule has 0 fully saturated rings. The quantitative estimate of drug-likeness (QED) is 0.824. The summed E-state index contributed by atoms with van der Waals surface area (Å²) < 4.78 is 0. The van der Waals surface area contributed by atoms with Gasteiger partial charge in [-0.3, -0.25) is 4.98 Å². The Morgan fingerprint density at radius 1 is 1.18 bits per heavy atom. The molecule has 84 valence electrons. The van der Waals surface area contributed by atoms with Crippen molar-refractivity contribution in [3.63, 3.8) is 0 Å². The van der Waals surface area contributed by atoms with Crippen molar-refractivity contribution in [2.24, 2.45) is 0 Å². The zero-order valence-electron chi connectivity index (χ0n) is 9.55. The minimum Gasteiger partial charge on any atom is -0.256 e. The van der Waals surface area contributed by atoms with Crippen molar-refractivity contribution in [3.05, 3.63) is 53.7 Å². The van der Waals surface area contributed by atoms with Crippen LogP contribution in [0.4, 0.5) is 0 Å². The van der Waals surface area contributed by atoms with Gasteiger partial charge in [0.15, 0.2) is 0 Å². The monoisotopic (exact) mass is 240 g/mol. The smallest absolute Gasteiger partial charge is 0.0991 e. The van der Waals surface area contributed by atoms with Gasteiger partial charge in [0, 0.05) is 17.5 Å². The fourth-order valence-electron chi connectivity index (χ4n) is 1.56. The first-order valence-electron chi connectivity index (χ1n) is 5.28. The summed E-state index contributed by atoms with van der Waals surface area (Å²) in [5.74, 6) is 0.987. The van der Waals surface area contributed by atoms with Gasteiger partial charge in [0.1, 0.15) is 0 Å². The van der Waals surface area contributed by atoms with E-state index in [1.54, 1.807) is 11.8 Å². The molecule has 2 nitrogen and oxygen atoms in total. The average Bonchev–Trinajstić information content (AvgIpc) is 2.40. The van der Waals surface area contributed by atoms with Gasteiger partial charge in [0.25, 0.3) is 0 Å². The van der Waals surface area contributed by atoms with E-state index in [0.717, 1.165) is 17.0 Å². The number of rotatable bonds is 3. The van der Waals surface area contributed by atoms with Gasteiger partial charge in [-0.25, -0.2) is 0 Å². The highest BCUT2D eigenvalue weighted by Gasteiger charge is 1.99.